The van der Waals surface area contributed by atoms with Gasteiger partial charge in [-0.1, -0.05) is 35.9 Å². The minimum atomic E-state index is -0.247. The molecule has 1 aromatic heterocycles. The first kappa shape index (κ1) is 13.6. The van der Waals surface area contributed by atoms with Gasteiger partial charge in [-0.2, -0.15) is 0 Å². The van der Waals surface area contributed by atoms with Gasteiger partial charge in [-0.25, -0.2) is 4.98 Å². The molecule has 19 heavy (non-hydrogen) atoms. The van der Waals surface area contributed by atoms with Crippen molar-refractivity contribution in [2.75, 3.05) is 7.11 Å². The lowest BCUT2D eigenvalue weighted by atomic mass is 10.0. The first-order chi connectivity index (χ1) is 9.10. The first-order valence-corrected chi connectivity index (χ1v) is 6.26. The third-order valence-electron chi connectivity index (χ3n) is 2.82. The zero-order valence-electron chi connectivity index (χ0n) is 10.8. The van der Waals surface area contributed by atoms with Gasteiger partial charge in [-0.05, 0) is 29.7 Å². The Balaban J connectivity index is 2.27. The lowest BCUT2D eigenvalue weighted by Crippen LogP contribution is -2.04. The van der Waals surface area contributed by atoms with Gasteiger partial charge in [0.15, 0.2) is 0 Å². The normalized spacial score (nSPS) is 10.3. The van der Waals surface area contributed by atoms with Crippen LogP contribution in [0.2, 0.25) is 5.15 Å². The average Bonchev–Trinajstić information content (AvgIpc) is 2.42. The van der Waals surface area contributed by atoms with Crippen LogP contribution in [0.25, 0.3) is 11.1 Å². The summed E-state index contributed by atoms with van der Waals surface area (Å²) in [6, 6.07) is 9.64. The zero-order chi connectivity index (χ0) is 13.8. The first-order valence-electron chi connectivity index (χ1n) is 5.88. The van der Waals surface area contributed by atoms with Crippen LogP contribution >= 0.6 is 11.6 Å². The van der Waals surface area contributed by atoms with Crippen molar-refractivity contribution >= 4 is 17.6 Å². The summed E-state index contributed by atoms with van der Waals surface area (Å²) in [5, 5.41) is 0.478. The number of methoxy groups -OCH3 is 1. The van der Waals surface area contributed by atoms with Crippen LogP contribution in [0.1, 0.15) is 11.1 Å². The van der Waals surface area contributed by atoms with Crippen LogP contribution in [-0.4, -0.2) is 18.1 Å². The Morgan fingerprint density at radius 2 is 2.00 bits per heavy atom. The molecule has 0 atom stereocenters. The summed E-state index contributed by atoms with van der Waals surface area (Å²) in [5.74, 6) is -0.247. The predicted molar refractivity (Wildman–Crippen MR) is 75.1 cm³/mol. The van der Waals surface area contributed by atoms with E-state index in [1.54, 1.807) is 6.20 Å². The van der Waals surface area contributed by atoms with Crippen LogP contribution in [0.4, 0.5) is 0 Å². The second-order valence-corrected chi connectivity index (χ2v) is 4.66. The van der Waals surface area contributed by atoms with Crippen molar-refractivity contribution in [1.29, 1.82) is 0 Å². The molecular formula is C15H14ClNO2. The molecule has 0 saturated heterocycles. The number of hydrogen-bond acceptors (Lipinski definition) is 3. The number of carbonyl (C=O) groups excluding carboxylic acids is 1. The fourth-order valence-corrected chi connectivity index (χ4v) is 2.01. The molecule has 0 fully saturated rings. The summed E-state index contributed by atoms with van der Waals surface area (Å²) in [7, 11) is 1.38. The summed E-state index contributed by atoms with van der Waals surface area (Å²) >= 11 is 6.09. The maximum absolute atomic E-state index is 11.2. The van der Waals surface area contributed by atoms with Gasteiger partial charge in [-0.3, -0.25) is 4.79 Å². The van der Waals surface area contributed by atoms with E-state index in [1.807, 2.05) is 37.3 Å². The summed E-state index contributed by atoms with van der Waals surface area (Å²) < 4.78 is 4.63. The van der Waals surface area contributed by atoms with Gasteiger partial charge in [0.2, 0.25) is 0 Å². The van der Waals surface area contributed by atoms with E-state index in [0.29, 0.717) is 5.15 Å². The van der Waals surface area contributed by atoms with E-state index in [-0.39, 0.29) is 12.4 Å². The van der Waals surface area contributed by atoms with E-state index < -0.39 is 0 Å². The van der Waals surface area contributed by atoms with Crippen molar-refractivity contribution in [3.8, 4) is 11.1 Å². The van der Waals surface area contributed by atoms with Gasteiger partial charge in [0.25, 0.3) is 0 Å². The molecular weight excluding hydrogens is 262 g/mol. The number of rotatable bonds is 3. The highest BCUT2D eigenvalue weighted by Gasteiger charge is 2.07. The summed E-state index contributed by atoms with van der Waals surface area (Å²) in [6.07, 6.45) is 2.01. The zero-order valence-corrected chi connectivity index (χ0v) is 11.6. The summed E-state index contributed by atoms with van der Waals surface area (Å²) in [4.78, 5) is 15.3. The molecule has 0 radical (unpaired) electrons. The molecule has 1 aromatic carbocycles. The number of benzene rings is 1. The Kier molecular flexibility index (Phi) is 4.17. The maximum atomic E-state index is 11.2. The number of aromatic nitrogens is 1. The van der Waals surface area contributed by atoms with Crippen molar-refractivity contribution in [2.24, 2.45) is 0 Å². The van der Waals surface area contributed by atoms with Crippen LogP contribution in [0.15, 0.2) is 36.5 Å². The van der Waals surface area contributed by atoms with E-state index in [1.165, 1.54) is 7.11 Å². The SMILES string of the molecule is COC(=O)Cc1ccc(-c2cc(C)cnc2Cl)cc1. The molecule has 0 unspecified atom stereocenters. The number of carbonyl (C=O) groups is 1. The molecule has 0 saturated carbocycles. The highest BCUT2D eigenvalue weighted by atomic mass is 35.5. The van der Waals surface area contributed by atoms with E-state index in [9.17, 15) is 4.79 Å². The second-order valence-electron chi connectivity index (χ2n) is 4.30. The number of ether oxygens (including phenoxy) is 1. The van der Waals surface area contributed by atoms with Gasteiger partial charge >= 0.3 is 5.97 Å². The lowest BCUT2D eigenvalue weighted by molar-refractivity contribution is -0.139. The lowest BCUT2D eigenvalue weighted by Gasteiger charge is -2.06. The van der Waals surface area contributed by atoms with E-state index in [0.717, 1.165) is 22.3 Å². The Bertz CT molecular complexity index is 594. The molecule has 0 N–H and O–H groups in total. The molecule has 0 aliphatic rings. The number of hydrogen-bond donors (Lipinski definition) is 0. The molecule has 0 aliphatic heterocycles. The van der Waals surface area contributed by atoms with Crippen LogP contribution in [-0.2, 0) is 16.0 Å². The molecule has 4 heteroatoms. The topological polar surface area (TPSA) is 39.2 Å². The average molecular weight is 276 g/mol. The Morgan fingerprint density at radius 1 is 1.32 bits per heavy atom. The van der Waals surface area contributed by atoms with Gasteiger partial charge in [-0.15, -0.1) is 0 Å². The van der Waals surface area contributed by atoms with E-state index >= 15 is 0 Å². The molecule has 3 nitrogen and oxygen atoms in total. The molecule has 2 aromatic rings. The molecule has 1 heterocycles. The molecule has 0 aliphatic carbocycles. The number of aryl methyl sites for hydroxylation is 1. The predicted octanol–water partition coefficient (Wildman–Crippen LogP) is 3.43. The van der Waals surface area contributed by atoms with Crippen LogP contribution < -0.4 is 0 Å². The van der Waals surface area contributed by atoms with Crippen LogP contribution in [0, 0.1) is 6.92 Å². The third-order valence-corrected chi connectivity index (χ3v) is 3.12. The van der Waals surface area contributed by atoms with Crippen molar-refractivity contribution in [3.05, 3.63) is 52.8 Å². The third kappa shape index (κ3) is 3.32. The highest BCUT2D eigenvalue weighted by molar-refractivity contribution is 6.32. The Morgan fingerprint density at radius 3 is 2.63 bits per heavy atom. The summed E-state index contributed by atoms with van der Waals surface area (Å²) in [6.45, 7) is 1.97. The molecule has 0 amide bonds. The molecule has 0 spiro atoms. The van der Waals surface area contributed by atoms with Crippen LogP contribution in [0.3, 0.4) is 0 Å². The van der Waals surface area contributed by atoms with Crippen molar-refractivity contribution in [2.45, 2.75) is 13.3 Å². The number of pyridine rings is 1. The molecule has 2 rings (SSSR count). The fraction of sp³-hybridized carbons (Fsp3) is 0.200. The minimum Gasteiger partial charge on any atom is -0.469 e. The van der Waals surface area contributed by atoms with Crippen molar-refractivity contribution < 1.29 is 9.53 Å². The smallest absolute Gasteiger partial charge is 0.309 e. The highest BCUT2D eigenvalue weighted by Crippen LogP contribution is 2.27. The monoisotopic (exact) mass is 275 g/mol. The number of nitrogens with zero attached hydrogens (tertiary/aromatic N) is 1. The summed E-state index contributed by atoms with van der Waals surface area (Å²) in [5.41, 5.74) is 3.84. The van der Waals surface area contributed by atoms with Crippen LogP contribution in [0.5, 0.6) is 0 Å². The fourth-order valence-electron chi connectivity index (χ4n) is 1.80. The second kappa shape index (κ2) is 5.85. The van der Waals surface area contributed by atoms with E-state index in [4.69, 9.17) is 11.6 Å². The number of esters is 1. The minimum absolute atomic E-state index is 0.247. The van der Waals surface area contributed by atoms with Gasteiger partial charge in [0, 0.05) is 11.8 Å². The standard InChI is InChI=1S/C15H14ClNO2/c1-10-7-13(15(16)17-9-10)12-5-3-11(4-6-12)8-14(18)19-2/h3-7,9H,8H2,1-2H3. The Labute approximate surface area is 117 Å². The van der Waals surface area contributed by atoms with Gasteiger partial charge < -0.3 is 4.74 Å². The van der Waals surface area contributed by atoms with Crippen molar-refractivity contribution in [1.82, 2.24) is 4.98 Å². The number of halogens is 1. The van der Waals surface area contributed by atoms with Gasteiger partial charge in [0.1, 0.15) is 5.15 Å². The maximum Gasteiger partial charge on any atom is 0.309 e. The largest absolute Gasteiger partial charge is 0.469 e. The Hall–Kier alpha value is -1.87. The van der Waals surface area contributed by atoms with E-state index in [2.05, 4.69) is 9.72 Å². The quantitative estimate of drug-likeness (QED) is 0.636. The van der Waals surface area contributed by atoms with Crippen molar-refractivity contribution in [3.63, 3.8) is 0 Å². The molecule has 98 valence electrons. The molecule has 0 bridgehead atoms. The van der Waals surface area contributed by atoms with Gasteiger partial charge in [0.05, 0.1) is 13.5 Å².